The number of esters is 1. The van der Waals surface area contributed by atoms with Crippen molar-refractivity contribution in [3.8, 4) is 0 Å². The van der Waals surface area contributed by atoms with Gasteiger partial charge in [0.25, 0.3) is 0 Å². The molecular formula is C14H23N3O3. The molecule has 0 aliphatic carbocycles. The first kappa shape index (κ1) is 16.5. The quantitative estimate of drug-likeness (QED) is 0.258. The average Bonchev–Trinajstić information content (AvgIpc) is 2.25. The van der Waals surface area contributed by atoms with Gasteiger partial charge in [-0.1, -0.05) is 0 Å². The SMILES string of the molecule is CC(=O)C(=[N+]=[N-])C(=O)OC1CC(C)(C)N(C)C(C)(C)C1. The van der Waals surface area contributed by atoms with Gasteiger partial charge < -0.3 is 10.3 Å². The predicted molar refractivity (Wildman–Crippen MR) is 74.3 cm³/mol. The van der Waals surface area contributed by atoms with E-state index in [2.05, 4.69) is 37.4 Å². The molecule has 1 rings (SSSR count). The first-order chi connectivity index (χ1) is 9.01. The molecule has 0 radical (unpaired) electrons. The summed E-state index contributed by atoms with van der Waals surface area (Å²) in [4.78, 5) is 28.0. The molecule has 112 valence electrons. The fraction of sp³-hybridized carbons (Fsp3) is 0.786. The number of piperidine rings is 1. The second kappa shape index (κ2) is 5.46. The van der Waals surface area contributed by atoms with Crippen LogP contribution in [0.15, 0.2) is 0 Å². The van der Waals surface area contributed by atoms with Crippen LogP contribution >= 0.6 is 0 Å². The summed E-state index contributed by atoms with van der Waals surface area (Å²) in [5, 5.41) is 0. The molecule has 6 nitrogen and oxygen atoms in total. The lowest BCUT2D eigenvalue weighted by Crippen LogP contribution is -2.60. The Morgan fingerprint density at radius 1 is 1.20 bits per heavy atom. The third kappa shape index (κ3) is 3.32. The number of ketones is 1. The highest BCUT2D eigenvalue weighted by Gasteiger charge is 2.45. The van der Waals surface area contributed by atoms with Crippen molar-refractivity contribution in [3.05, 3.63) is 5.53 Å². The van der Waals surface area contributed by atoms with Gasteiger partial charge in [0.1, 0.15) is 6.10 Å². The zero-order chi connectivity index (χ0) is 15.7. The van der Waals surface area contributed by atoms with Crippen molar-refractivity contribution in [1.29, 1.82) is 0 Å². The van der Waals surface area contributed by atoms with Crippen molar-refractivity contribution in [1.82, 2.24) is 4.90 Å². The summed E-state index contributed by atoms with van der Waals surface area (Å²) in [5.41, 5.74) is 7.89. The summed E-state index contributed by atoms with van der Waals surface area (Å²) in [6.07, 6.45) is 1.02. The molecule has 0 spiro atoms. The number of nitrogens with zero attached hydrogens (tertiary/aromatic N) is 3. The van der Waals surface area contributed by atoms with E-state index in [0.29, 0.717) is 12.8 Å². The number of hydrogen-bond acceptors (Lipinski definition) is 4. The van der Waals surface area contributed by atoms with Gasteiger partial charge in [-0.15, -0.1) is 0 Å². The molecule has 0 aromatic rings. The standard InChI is InChI=1S/C14H23N3O3/c1-9(18)11(16-15)12(19)20-10-7-13(2,3)17(6)14(4,5)8-10/h10H,7-8H2,1-6H3. The van der Waals surface area contributed by atoms with Crippen LogP contribution in [0.25, 0.3) is 5.53 Å². The molecule has 6 heteroatoms. The Balaban J connectivity index is 2.87. The summed E-state index contributed by atoms with van der Waals surface area (Å²) in [5.74, 6) is -1.47. The van der Waals surface area contributed by atoms with Crippen LogP contribution in [-0.4, -0.2) is 51.4 Å². The van der Waals surface area contributed by atoms with E-state index in [1.807, 2.05) is 7.05 Å². The summed E-state index contributed by atoms with van der Waals surface area (Å²) in [6, 6.07) is 0. The van der Waals surface area contributed by atoms with Gasteiger partial charge in [-0.25, -0.2) is 4.79 Å². The first-order valence-electron chi connectivity index (χ1n) is 6.69. The zero-order valence-electron chi connectivity index (χ0n) is 13.1. The van der Waals surface area contributed by atoms with Gasteiger partial charge in [0.15, 0.2) is 0 Å². The average molecular weight is 281 g/mol. The van der Waals surface area contributed by atoms with Crippen LogP contribution in [0, 0.1) is 0 Å². The minimum atomic E-state index is -0.860. The molecule has 1 aliphatic rings. The van der Waals surface area contributed by atoms with E-state index in [4.69, 9.17) is 10.3 Å². The second-order valence-electron chi connectivity index (χ2n) is 6.62. The maximum Gasteiger partial charge on any atom is 0.441 e. The number of rotatable bonds is 3. The Bertz CT molecular complexity index is 458. The van der Waals surface area contributed by atoms with E-state index in [-0.39, 0.29) is 17.2 Å². The van der Waals surface area contributed by atoms with E-state index in [1.54, 1.807) is 0 Å². The Labute approximate surface area is 119 Å². The molecule has 1 fully saturated rings. The highest BCUT2D eigenvalue weighted by Crippen LogP contribution is 2.38. The van der Waals surface area contributed by atoms with Gasteiger partial charge in [-0.3, -0.25) is 9.69 Å². The van der Waals surface area contributed by atoms with E-state index in [9.17, 15) is 9.59 Å². The monoisotopic (exact) mass is 281 g/mol. The zero-order valence-corrected chi connectivity index (χ0v) is 13.1. The van der Waals surface area contributed by atoms with Gasteiger partial charge in [-0.2, -0.15) is 4.79 Å². The van der Waals surface area contributed by atoms with Gasteiger partial charge in [-0.05, 0) is 34.7 Å². The van der Waals surface area contributed by atoms with Crippen molar-refractivity contribution >= 4 is 17.5 Å². The number of hydrogen-bond donors (Lipinski definition) is 0. The van der Waals surface area contributed by atoms with E-state index < -0.39 is 17.5 Å². The molecule has 1 saturated heterocycles. The molecule has 0 saturated carbocycles. The number of Topliss-reactive ketones (excluding diaryl/α,β-unsaturated/α-hetero) is 1. The van der Waals surface area contributed by atoms with Crippen molar-refractivity contribution < 1.29 is 19.1 Å². The molecule has 1 aliphatic heterocycles. The number of likely N-dealkylation sites (tertiary alicyclic amines) is 1. The molecule has 20 heavy (non-hydrogen) atoms. The lowest BCUT2D eigenvalue weighted by Gasteiger charge is -2.53. The predicted octanol–water partition coefficient (Wildman–Crippen LogP) is 1.44. The normalized spacial score (nSPS) is 21.9. The molecule has 0 unspecified atom stereocenters. The summed E-state index contributed by atoms with van der Waals surface area (Å²) in [7, 11) is 2.05. The van der Waals surface area contributed by atoms with Crippen molar-refractivity contribution in [3.63, 3.8) is 0 Å². The van der Waals surface area contributed by atoms with Crippen LogP contribution in [0.1, 0.15) is 47.5 Å². The lowest BCUT2D eigenvalue weighted by atomic mass is 9.79. The van der Waals surface area contributed by atoms with Crippen molar-refractivity contribution in [2.75, 3.05) is 7.05 Å². The van der Waals surface area contributed by atoms with Crippen LogP contribution in [0.2, 0.25) is 0 Å². The van der Waals surface area contributed by atoms with Crippen LogP contribution in [-0.2, 0) is 14.3 Å². The fourth-order valence-electron chi connectivity index (χ4n) is 2.83. The van der Waals surface area contributed by atoms with Crippen molar-refractivity contribution in [2.45, 2.75) is 64.6 Å². The van der Waals surface area contributed by atoms with Gasteiger partial charge in [0, 0.05) is 30.8 Å². The Morgan fingerprint density at radius 3 is 2.00 bits per heavy atom. The minimum absolute atomic E-state index is 0.126. The second-order valence-corrected chi connectivity index (χ2v) is 6.62. The third-order valence-corrected chi connectivity index (χ3v) is 4.17. The van der Waals surface area contributed by atoms with Crippen LogP contribution in [0.4, 0.5) is 0 Å². The van der Waals surface area contributed by atoms with Crippen molar-refractivity contribution in [2.24, 2.45) is 0 Å². The molecule has 0 aromatic carbocycles. The summed E-state index contributed by atoms with van der Waals surface area (Å²) < 4.78 is 5.35. The molecule has 0 N–H and O–H groups in total. The van der Waals surface area contributed by atoms with Gasteiger partial charge >= 0.3 is 11.7 Å². The maximum atomic E-state index is 11.8. The molecular weight excluding hydrogens is 258 g/mol. The van der Waals surface area contributed by atoms with Gasteiger partial charge in [0.05, 0.1) is 0 Å². The topological polar surface area (TPSA) is 83.0 Å². The molecule has 0 amide bonds. The maximum absolute atomic E-state index is 11.8. The Morgan fingerprint density at radius 2 is 1.65 bits per heavy atom. The highest BCUT2D eigenvalue weighted by atomic mass is 16.5. The molecule has 0 bridgehead atoms. The molecule has 0 atom stereocenters. The molecule has 1 heterocycles. The van der Waals surface area contributed by atoms with E-state index in [0.717, 1.165) is 0 Å². The third-order valence-electron chi connectivity index (χ3n) is 4.17. The summed E-state index contributed by atoms with van der Waals surface area (Å²) >= 11 is 0. The van der Waals surface area contributed by atoms with Crippen LogP contribution in [0.3, 0.4) is 0 Å². The minimum Gasteiger partial charge on any atom is -0.453 e. The van der Waals surface area contributed by atoms with E-state index in [1.165, 1.54) is 6.92 Å². The Kier molecular flexibility index (Phi) is 4.52. The number of ether oxygens (including phenoxy) is 1. The first-order valence-corrected chi connectivity index (χ1v) is 6.69. The number of carbonyl (C=O) groups is 2. The van der Waals surface area contributed by atoms with Crippen LogP contribution < -0.4 is 0 Å². The van der Waals surface area contributed by atoms with Crippen LogP contribution in [0.5, 0.6) is 0 Å². The largest absolute Gasteiger partial charge is 0.453 e. The highest BCUT2D eigenvalue weighted by molar-refractivity contribution is 6.61. The Hall–Kier alpha value is -1.52. The van der Waals surface area contributed by atoms with Gasteiger partial charge in [0.2, 0.25) is 5.78 Å². The lowest BCUT2D eigenvalue weighted by molar-refractivity contribution is -0.155. The smallest absolute Gasteiger partial charge is 0.441 e. The fourth-order valence-corrected chi connectivity index (χ4v) is 2.83. The van der Waals surface area contributed by atoms with E-state index >= 15 is 0 Å². The summed E-state index contributed by atoms with van der Waals surface area (Å²) in [6.45, 7) is 9.50. The number of carbonyl (C=O) groups excluding carboxylic acids is 2. The molecule has 0 aromatic heterocycles.